The van der Waals surface area contributed by atoms with E-state index in [9.17, 15) is 14.7 Å². The molecule has 9 heteroatoms. The summed E-state index contributed by atoms with van der Waals surface area (Å²) >= 11 is 3.41. The first kappa shape index (κ1) is 27.8. The average Bonchev–Trinajstić information content (AvgIpc) is 2.88. The molecule has 0 fully saturated rings. The van der Waals surface area contributed by atoms with Crippen LogP contribution in [0.25, 0.3) is 0 Å². The number of ether oxygens (including phenoxy) is 2. The topological polar surface area (TPSA) is 123 Å². The van der Waals surface area contributed by atoms with E-state index in [0.29, 0.717) is 46.5 Å². The molecule has 194 valence electrons. The number of halogens is 1. The zero-order chi connectivity index (χ0) is 26.6. The van der Waals surface area contributed by atoms with Crippen LogP contribution in [0.3, 0.4) is 0 Å². The summed E-state index contributed by atoms with van der Waals surface area (Å²) in [4.78, 5) is 25.1. The molecular formula is C28H30BrN3O5. The van der Waals surface area contributed by atoms with E-state index in [1.807, 2.05) is 13.0 Å². The Morgan fingerprint density at radius 3 is 2.51 bits per heavy atom. The van der Waals surface area contributed by atoms with Crippen LogP contribution in [0, 0.1) is 0 Å². The van der Waals surface area contributed by atoms with Crippen LogP contribution in [-0.2, 0) is 14.3 Å². The zero-order valence-electron chi connectivity index (χ0n) is 20.4. The second kappa shape index (κ2) is 14.1. The normalized spacial score (nSPS) is 12.6. The summed E-state index contributed by atoms with van der Waals surface area (Å²) in [5.41, 5.74) is 7.86. The van der Waals surface area contributed by atoms with Crippen LogP contribution in [0.1, 0.15) is 31.4 Å². The quantitative estimate of drug-likeness (QED) is 0.157. The number of nitrogens with one attached hydrogen (secondary N) is 2. The number of nitrogens with two attached hydrogens (primary N) is 1. The molecule has 0 saturated heterocycles. The molecule has 3 rings (SSSR count). The van der Waals surface area contributed by atoms with Gasteiger partial charge in [0.15, 0.2) is 6.10 Å². The maximum Gasteiger partial charge on any atom is 0.412 e. The highest BCUT2D eigenvalue weighted by Gasteiger charge is 2.30. The minimum Gasteiger partial charge on any atom is -0.508 e. The summed E-state index contributed by atoms with van der Waals surface area (Å²) in [6.07, 6.45) is 1.82. The monoisotopic (exact) mass is 567 g/mol. The van der Waals surface area contributed by atoms with E-state index in [4.69, 9.17) is 15.2 Å². The molecule has 8 nitrogen and oxygen atoms in total. The van der Waals surface area contributed by atoms with E-state index in [1.54, 1.807) is 66.7 Å². The van der Waals surface area contributed by atoms with Gasteiger partial charge in [-0.15, -0.1) is 0 Å². The maximum atomic E-state index is 12.8. The molecule has 0 saturated carbocycles. The van der Waals surface area contributed by atoms with Crippen LogP contribution in [-0.4, -0.2) is 29.8 Å². The molecule has 0 bridgehead atoms. The van der Waals surface area contributed by atoms with Gasteiger partial charge in [-0.1, -0.05) is 52.3 Å². The molecule has 2 amide bonds. The van der Waals surface area contributed by atoms with Gasteiger partial charge in [0.2, 0.25) is 5.91 Å². The highest BCUT2D eigenvalue weighted by Crippen LogP contribution is 2.35. The highest BCUT2D eigenvalue weighted by molar-refractivity contribution is 9.10. The summed E-state index contributed by atoms with van der Waals surface area (Å²) in [5.74, 6) is -0.341. The van der Waals surface area contributed by atoms with Crippen molar-refractivity contribution in [2.75, 3.05) is 23.0 Å². The minimum atomic E-state index is -0.910. The van der Waals surface area contributed by atoms with Crippen molar-refractivity contribution in [1.29, 1.82) is 0 Å². The van der Waals surface area contributed by atoms with Gasteiger partial charge in [0.1, 0.15) is 5.75 Å². The smallest absolute Gasteiger partial charge is 0.412 e. The molecule has 2 atom stereocenters. The van der Waals surface area contributed by atoms with E-state index in [0.717, 1.165) is 0 Å². The molecule has 0 aromatic heterocycles. The lowest BCUT2D eigenvalue weighted by molar-refractivity contribution is -0.111. The Hall–Kier alpha value is -3.82. The van der Waals surface area contributed by atoms with Gasteiger partial charge in [-0.2, -0.15) is 0 Å². The lowest BCUT2D eigenvalue weighted by atomic mass is 9.99. The maximum absolute atomic E-state index is 12.8. The van der Waals surface area contributed by atoms with Crippen molar-refractivity contribution in [2.45, 2.75) is 32.0 Å². The number of hydrogen-bond donors (Lipinski definition) is 4. The first-order valence-corrected chi connectivity index (χ1v) is 12.6. The number of nitrogen functional groups attached to an aromatic ring is 1. The number of anilines is 3. The van der Waals surface area contributed by atoms with Crippen molar-refractivity contribution < 1.29 is 24.2 Å². The van der Waals surface area contributed by atoms with Crippen LogP contribution in [0.5, 0.6) is 5.75 Å². The first-order chi connectivity index (χ1) is 17.9. The third-order valence-electron chi connectivity index (χ3n) is 5.37. The molecule has 0 aliphatic heterocycles. The van der Waals surface area contributed by atoms with Crippen molar-refractivity contribution in [3.8, 4) is 5.75 Å². The molecule has 0 heterocycles. The van der Waals surface area contributed by atoms with Crippen molar-refractivity contribution in [3.63, 3.8) is 0 Å². The molecule has 3 aromatic carbocycles. The fraction of sp³-hybridized carbons (Fsp3) is 0.214. The number of carbonyl (C=O) groups is 2. The van der Waals surface area contributed by atoms with Crippen LogP contribution in [0.4, 0.5) is 21.9 Å². The Kier molecular flexibility index (Phi) is 10.5. The Morgan fingerprint density at radius 2 is 1.78 bits per heavy atom. The van der Waals surface area contributed by atoms with Crippen LogP contribution in [0.2, 0.25) is 0 Å². The van der Waals surface area contributed by atoms with Crippen molar-refractivity contribution in [1.82, 2.24) is 0 Å². The van der Waals surface area contributed by atoms with E-state index >= 15 is 0 Å². The van der Waals surface area contributed by atoms with Crippen molar-refractivity contribution in [2.24, 2.45) is 0 Å². The van der Waals surface area contributed by atoms with Gasteiger partial charge in [-0.3, -0.25) is 10.1 Å². The largest absolute Gasteiger partial charge is 0.508 e. The number of rotatable bonds is 11. The number of hydrogen-bond acceptors (Lipinski definition) is 6. The van der Waals surface area contributed by atoms with Gasteiger partial charge in [0.25, 0.3) is 0 Å². The molecule has 0 aliphatic carbocycles. The van der Waals surface area contributed by atoms with Gasteiger partial charge in [-0.25, -0.2) is 4.79 Å². The Balaban J connectivity index is 1.72. The van der Waals surface area contributed by atoms with E-state index < -0.39 is 18.3 Å². The number of aromatic hydroxyl groups is 1. The standard InChI is InChI=1S/C28H30BrN3O5/c1-2-36-25(14-8-9-15-26(34)32-23-13-7-6-12-22(23)30)27(21-18-19(29)16-17-24(21)33)37-28(35)31-20-10-4-3-5-11-20/h3-7,9-13,15-18,25,27,33H,2,8,14,30H2,1H3,(H,31,35)(H,32,34)/b15-9+/t25-,27-/m1/s1. The van der Waals surface area contributed by atoms with Gasteiger partial charge < -0.3 is 25.6 Å². The summed E-state index contributed by atoms with van der Waals surface area (Å²) in [6.45, 7) is 2.19. The molecule has 0 radical (unpaired) electrons. The van der Waals surface area contributed by atoms with E-state index in [1.165, 1.54) is 12.1 Å². The lowest BCUT2D eigenvalue weighted by Crippen LogP contribution is -2.29. The number of allylic oxidation sites excluding steroid dienone is 1. The number of amides is 2. The molecule has 0 spiro atoms. The van der Waals surface area contributed by atoms with Crippen LogP contribution >= 0.6 is 15.9 Å². The van der Waals surface area contributed by atoms with Crippen molar-refractivity contribution in [3.05, 3.63) is 95.0 Å². The number of para-hydroxylation sites is 3. The Labute approximate surface area is 224 Å². The predicted octanol–water partition coefficient (Wildman–Crippen LogP) is 6.41. The predicted molar refractivity (Wildman–Crippen MR) is 148 cm³/mol. The molecule has 5 N–H and O–H groups in total. The second-order valence-corrected chi connectivity index (χ2v) is 8.99. The number of phenols is 1. The van der Waals surface area contributed by atoms with Crippen molar-refractivity contribution >= 4 is 45.0 Å². The summed E-state index contributed by atoms with van der Waals surface area (Å²) in [6, 6.07) is 20.8. The zero-order valence-corrected chi connectivity index (χ0v) is 22.0. The highest BCUT2D eigenvalue weighted by atomic mass is 79.9. The third-order valence-corrected chi connectivity index (χ3v) is 5.87. The van der Waals surface area contributed by atoms with E-state index in [2.05, 4.69) is 26.6 Å². The number of carbonyl (C=O) groups excluding carboxylic acids is 2. The molecular weight excluding hydrogens is 538 g/mol. The average molecular weight is 568 g/mol. The van der Waals surface area contributed by atoms with Crippen LogP contribution in [0.15, 0.2) is 89.4 Å². The third kappa shape index (κ3) is 8.66. The molecule has 0 unspecified atom stereocenters. The minimum absolute atomic E-state index is 0.0271. The summed E-state index contributed by atoms with van der Waals surface area (Å²) < 4.78 is 12.4. The first-order valence-electron chi connectivity index (χ1n) is 11.8. The SMILES string of the molecule is CCO[C@H](CC/C=C/C(=O)Nc1ccccc1N)[C@H](OC(=O)Nc1ccccc1)c1cc(Br)ccc1O. The van der Waals surface area contributed by atoms with Gasteiger partial charge in [0, 0.05) is 22.3 Å². The number of benzene rings is 3. The van der Waals surface area contributed by atoms with Gasteiger partial charge in [-0.05, 0) is 68.3 Å². The van der Waals surface area contributed by atoms with E-state index in [-0.39, 0.29) is 11.7 Å². The van der Waals surface area contributed by atoms with Gasteiger partial charge in [0.05, 0.1) is 17.5 Å². The Morgan fingerprint density at radius 1 is 1.05 bits per heavy atom. The second-order valence-electron chi connectivity index (χ2n) is 8.07. The lowest BCUT2D eigenvalue weighted by Gasteiger charge is -2.28. The fourth-order valence-corrected chi connectivity index (χ4v) is 4.03. The summed E-state index contributed by atoms with van der Waals surface area (Å²) in [7, 11) is 0. The molecule has 37 heavy (non-hydrogen) atoms. The van der Waals surface area contributed by atoms with Crippen LogP contribution < -0.4 is 16.4 Å². The number of phenolic OH excluding ortho intramolecular Hbond substituents is 1. The van der Waals surface area contributed by atoms with Gasteiger partial charge >= 0.3 is 6.09 Å². The summed E-state index contributed by atoms with van der Waals surface area (Å²) in [5, 5.41) is 16.0. The Bertz CT molecular complexity index is 1220. The fourth-order valence-electron chi connectivity index (χ4n) is 3.65. The molecule has 0 aliphatic rings. The molecule has 3 aromatic rings.